The first-order valence-electron chi connectivity index (χ1n) is 11.7. The molecule has 1 aromatic carbocycles. The standard InChI is InChI=1S/C25H34FN5O4/c1-17-7-5-9-19(13-17)31-15-20(21(16-31)29-23(33)27-11-10-26)22(32)28-18-8-6-12-30(14-18)24(34)35-25(2,3)4/h5,7,9,13,15-16,18H,6,8,10-12,14H2,1-4H3,(H,28,32)(H2,27,29,33)/t18-/m0/s1. The number of alkyl halides is 1. The fourth-order valence-corrected chi connectivity index (χ4v) is 3.85. The maximum absolute atomic E-state index is 13.3. The van der Waals surface area contributed by atoms with Crippen molar-refractivity contribution in [2.75, 3.05) is 31.6 Å². The van der Waals surface area contributed by atoms with Gasteiger partial charge in [0.2, 0.25) is 0 Å². The quantitative estimate of drug-likeness (QED) is 0.573. The van der Waals surface area contributed by atoms with Crippen molar-refractivity contribution in [2.45, 2.75) is 52.2 Å². The average molecular weight is 488 g/mol. The van der Waals surface area contributed by atoms with Crippen molar-refractivity contribution in [1.82, 2.24) is 20.1 Å². The number of hydrogen-bond acceptors (Lipinski definition) is 4. The van der Waals surface area contributed by atoms with Crippen molar-refractivity contribution in [3.8, 4) is 5.69 Å². The molecule has 1 aliphatic rings. The van der Waals surface area contributed by atoms with E-state index in [1.807, 2.05) is 52.0 Å². The molecule has 0 aliphatic carbocycles. The highest BCUT2D eigenvalue weighted by atomic mass is 19.1. The number of rotatable bonds is 6. The largest absolute Gasteiger partial charge is 0.444 e. The normalized spacial score (nSPS) is 15.9. The van der Waals surface area contributed by atoms with Gasteiger partial charge in [-0.3, -0.25) is 4.79 Å². The fourth-order valence-electron chi connectivity index (χ4n) is 3.85. The van der Waals surface area contributed by atoms with Crippen LogP contribution in [0.4, 0.5) is 19.7 Å². The lowest BCUT2D eigenvalue weighted by molar-refractivity contribution is 0.0185. The third kappa shape index (κ3) is 7.46. The Balaban J connectivity index is 1.77. The molecule has 190 valence electrons. The van der Waals surface area contributed by atoms with E-state index < -0.39 is 24.4 Å². The summed E-state index contributed by atoms with van der Waals surface area (Å²) in [6.45, 7) is 7.46. The molecule has 9 nitrogen and oxygen atoms in total. The topological polar surface area (TPSA) is 105 Å². The number of nitrogens with zero attached hydrogens (tertiary/aromatic N) is 2. The van der Waals surface area contributed by atoms with E-state index in [1.165, 1.54) is 0 Å². The van der Waals surface area contributed by atoms with Gasteiger partial charge in [0.05, 0.1) is 11.3 Å². The molecule has 0 radical (unpaired) electrons. The first kappa shape index (κ1) is 26.1. The van der Waals surface area contributed by atoms with Gasteiger partial charge in [0.25, 0.3) is 5.91 Å². The van der Waals surface area contributed by atoms with Gasteiger partial charge in [-0.25, -0.2) is 14.0 Å². The third-order valence-corrected chi connectivity index (χ3v) is 5.41. The fraction of sp³-hybridized carbons (Fsp3) is 0.480. The van der Waals surface area contributed by atoms with Crippen molar-refractivity contribution in [2.24, 2.45) is 0 Å². The number of amides is 4. The van der Waals surface area contributed by atoms with Gasteiger partial charge in [-0.05, 0) is 58.2 Å². The van der Waals surface area contributed by atoms with Gasteiger partial charge in [0, 0.05) is 43.8 Å². The van der Waals surface area contributed by atoms with Gasteiger partial charge >= 0.3 is 12.1 Å². The lowest BCUT2D eigenvalue weighted by atomic mass is 10.1. The number of carbonyl (C=O) groups is 3. The van der Waals surface area contributed by atoms with E-state index in [2.05, 4.69) is 16.0 Å². The van der Waals surface area contributed by atoms with Crippen LogP contribution in [0.1, 0.15) is 49.5 Å². The third-order valence-electron chi connectivity index (χ3n) is 5.41. The molecule has 4 amide bonds. The number of halogens is 1. The highest BCUT2D eigenvalue weighted by Crippen LogP contribution is 2.23. The number of aromatic nitrogens is 1. The number of piperidine rings is 1. The zero-order valence-corrected chi connectivity index (χ0v) is 20.7. The summed E-state index contributed by atoms with van der Waals surface area (Å²) in [6.07, 6.45) is 4.32. The highest BCUT2D eigenvalue weighted by Gasteiger charge is 2.29. The first-order chi connectivity index (χ1) is 16.6. The van der Waals surface area contributed by atoms with Crippen molar-refractivity contribution in [3.05, 3.63) is 47.8 Å². The summed E-state index contributed by atoms with van der Waals surface area (Å²) in [5.41, 5.74) is 1.82. The van der Waals surface area contributed by atoms with Gasteiger partial charge in [0.15, 0.2) is 0 Å². The number of aryl methyl sites for hydroxylation is 1. The Morgan fingerprint density at radius 3 is 2.66 bits per heavy atom. The summed E-state index contributed by atoms with van der Waals surface area (Å²) in [6, 6.07) is 6.84. The number of likely N-dealkylation sites (tertiary alicyclic amines) is 1. The molecular weight excluding hydrogens is 453 g/mol. The molecule has 3 rings (SSSR count). The lowest BCUT2D eigenvalue weighted by Gasteiger charge is -2.34. The van der Waals surface area contributed by atoms with Gasteiger partial charge < -0.3 is 30.2 Å². The molecule has 0 spiro atoms. The minimum absolute atomic E-state index is 0.130. The SMILES string of the molecule is Cc1cccc(-n2cc(NC(=O)NCCF)c(C(=O)N[C@H]3CCCN(C(=O)OC(C)(C)C)C3)c2)c1. The Hall–Kier alpha value is -3.56. The summed E-state index contributed by atoms with van der Waals surface area (Å²) >= 11 is 0. The smallest absolute Gasteiger partial charge is 0.410 e. The van der Waals surface area contributed by atoms with Crippen molar-refractivity contribution in [1.29, 1.82) is 0 Å². The molecule has 35 heavy (non-hydrogen) atoms. The van der Waals surface area contributed by atoms with Crippen LogP contribution in [-0.2, 0) is 4.74 Å². The molecule has 1 aliphatic heterocycles. The lowest BCUT2D eigenvalue weighted by Crippen LogP contribution is -2.50. The predicted molar refractivity (Wildman–Crippen MR) is 132 cm³/mol. The Morgan fingerprint density at radius 1 is 1.20 bits per heavy atom. The summed E-state index contributed by atoms with van der Waals surface area (Å²) in [5, 5.41) is 8.02. The van der Waals surface area contributed by atoms with Crippen LogP contribution in [0, 0.1) is 6.92 Å². The number of anilines is 1. The summed E-state index contributed by atoms with van der Waals surface area (Å²) < 4.78 is 19.7. The number of nitrogens with one attached hydrogen (secondary N) is 3. The van der Waals surface area contributed by atoms with Crippen LogP contribution < -0.4 is 16.0 Å². The van der Waals surface area contributed by atoms with E-state index in [-0.39, 0.29) is 24.1 Å². The Labute approximate surface area is 205 Å². The van der Waals surface area contributed by atoms with Crippen LogP contribution in [0.15, 0.2) is 36.7 Å². The zero-order valence-electron chi connectivity index (χ0n) is 20.7. The molecule has 0 saturated carbocycles. The molecule has 1 saturated heterocycles. The summed E-state index contributed by atoms with van der Waals surface area (Å²) in [7, 11) is 0. The van der Waals surface area contributed by atoms with Crippen molar-refractivity contribution >= 4 is 23.7 Å². The second kappa shape index (κ2) is 11.2. The van der Waals surface area contributed by atoms with E-state index in [4.69, 9.17) is 4.74 Å². The van der Waals surface area contributed by atoms with E-state index in [1.54, 1.807) is 21.9 Å². The molecule has 1 aromatic heterocycles. The summed E-state index contributed by atoms with van der Waals surface area (Å²) in [4.78, 5) is 39.5. The molecular formula is C25H34FN5O4. The number of carbonyl (C=O) groups excluding carboxylic acids is 3. The van der Waals surface area contributed by atoms with Crippen molar-refractivity contribution in [3.63, 3.8) is 0 Å². The van der Waals surface area contributed by atoms with Crippen LogP contribution >= 0.6 is 0 Å². The number of benzene rings is 1. The molecule has 2 heterocycles. The van der Waals surface area contributed by atoms with Crippen LogP contribution in [0.25, 0.3) is 5.69 Å². The minimum atomic E-state index is -0.694. The molecule has 2 aromatic rings. The molecule has 3 N–H and O–H groups in total. The second-order valence-electron chi connectivity index (χ2n) is 9.64. The number of hydrogen-bond donors (Lipinski definition) is 3. The van der Waals surface area contributed by atoms with Gasteiger partial charge in [-0.2, -0.15) is 0 Å². The maximum Gasteiger partial charge on any atom is 0.410 e. The molecule has 0 unspecified atom stereocenters. The highest BCUT2D eigenvalue weighted by molar-refractivity contribution is 6.03. The Bertz CT molecular complexity index is 1060. The molecule has 10 heteroatoms. The second-order valence-corrected chi connectivity index (χ2v) is 9.64. The predicted octanol–water partition coefficient (Wildman–Crippen LogP) is 4.01. The monoisotopic (exact) mass is 487 g/mol. The molecule has 0 bridgehead atoms. The van der Waals surface area contributed by atoms with Gasteiger partial charge in [-0.1, -0.05) is 12.1 Å². The minimum Gasteiger partial charge on any atom is -0.444 e. The Kier molecular flexibility index (Phi) is 8.37. The maximum atomic E-state index is 13.3. The van der Waals surface area contributed by atoms with E-state index in [0.29, 0.717) is 25.2 Å². The van der Waals surface area contributed by atoms with Crippen LogP contribution in [-0.4, -0.2) is 65.5 Å². The van der Waals surface area contributed by atoms with Crippen LogP contribution in [0.2, 0.25) is 0 Å². The average Bonchev–Trinajstić information content (AvgIpc) is 3.20. The van der Waals surface area contributed by atoms with Crippen LogP contribution in [0.5, 0.6) is 0 Å². The van der Waals surface area contributed by atoms with Crippen LogP contribution in [0.3, 0.4) is 0 Å². The van der Waals surface area contributed by atoms with E-state index in [9.17, 15) is 18.8 Å². The van der Waals surface area contributed by atoms with Crippen molar-refractivity contribution < 1.29 is 23.5 Å². The van der Waals surface area contributed by atoms with Gasteiger partial charge in [0.1, 0.15) is 12.3 Å². The van der Waals surface area contributed by atoms with Gasteiger partial charge in [-0.15, -0.1) is 0 Å². The summed E-state index contributed by atoms with van der Waals surface area (Å²) in [5.74, 6) is -0.381. The van der Waals surface area contributed by atoms with E-state index >= 15 is 0 Å². The molecule has 1 atom stereocenters. The van der Waals surface area contributed by atoms with E-state index in [0.717, 1.165) is 17.7 Å². The zero-order chi connectivity index (χ0) is 25.6. The number of ether oxygens (including phenoxy) is 1. The Morgan fingerprint density at radius 2 is 1.97 bits per heavy atom. The molecule has 1 fully saturated rings. The first-order valence-corrected chi connectivity index (χ1v) is 11.7. The number of urea groups is 1.